The van der Waals surface area contributed by atoms with Crippen LogP contribution in [0.3, 0.4) is 0 Å². The first-order valence-electron chi connectivity index (χ1n) is 13.9. The SMILES string of the molecule is O=C1[C@H]2[C@H]3C[C@@H]([C@@H]2C(=O)N1c1ccc(Br)cc1)[C@H]1[C@H](c2cc(Br)ccc2OCc2ccccc2)c2sc(=O)[nH]c2S[C@H]31. The number of halogens is 2. The number of rotatable bonds is 5. The van der Waals surface area contributed by atoms with Gasteiger partial charge < -0.3 is 9.72 Å². The number of hydrogen-bond donors (Lipinski definition) is 1. The number of H-pyrrole nitrogens is 1. The number of nitrogens with zero attached hydrogens (tertiary/aromatic N) is 1. The van der Waals surface area contributed by atoms with Crippen LogP contribution < -0.4 is 14.5 Å². The van der Waals surface area contributed by atoms with Gasteiger partial charge in [0.1, 0.15) is 12.4 Å². The highest BCUT2D eigenvalue weighted by atomic mass is 79.9. The Kier molecular flexibility index (Phi) is 6.55. The van der Waals surface area contributed by atoms with E-state index >= 15 is 0 Å². The van der Waals surface area contributed by atoms with Crippen molar-refractivity contribution in [1.29, 1.82) is 0 Å². The summed E-state index contributed by atoms with van der Waals surface area (Å²) in [6, 6.07) is 23.5. The highest BCUT2D eigenvalue weighted by Crippen LogP contribution is 2.69. The summed E-state index contributed by atoms with van der Waals surface area (Å²) in [5.74, 6) is -0.0301. The van der Waals surface area contributed by atoms with Gasteiger partial charge in [-0.25, -0.2) is 0 Å². The van der Waals surface area contributed by atoms with Crippen molar-refractivity contribution in [1.82, 2.24) is 4.98 Å². The molecule has 2 saturated carbocycles. The van der Waals surface area contributed by atoms with Crippen LogP contribution in [-0.2, 0) is 16.2 Å². The molecule has 2 amide bonds. The van der Waals surface area contributed by atoms with Gasteiger partial charge >= 0.3 is 4.87 Å². The number of fused-ring (bicyclic) bond motifs is 9. The van der Waals surface area contributed by atoms with Crippen LogP contribution in [0.5, 0.6) is 5.75 Å². The summed E-state index contributed by atoms with van der Waals surface area (Å²) in [5.41, 5.74) is 2.71. The highest BCUT2D eigenvalue weighted by molar-refractivity contribution is 9.10. The summed E-state index contributed by atoms with van der Waals surface area (Å²) in [6.07, 6.45) is 0.840. The van der Waals surface area contributed by atoms with E-state index in [1.807, 2.05) is 66.7 Å². The topological polar surface area (TPSA) is 79.5 Å². The zero-order chi connectivity index (χ0) is 28.7. The molecule has 1 N–H and O–H groups in total. The van der Waals surface area contributed by atoms with Crippen molar-refractivity contribution in [3.8, 4) is 5.75 Å². The van der Waals surface area contributed by atoms with E-state index in [-0.39, 0.29) is 57.4 Å². The summed E-state index contributed by atoms with van der Waals surface area (Å²) in [4.78, 5) is 46.0. The molecular weight excluding hydrogens is 700 g/mol. The molecule has 2 bridgehead atoms. The van der Waals surface area contributed by atoms with Crippen LogP contribution in [0.4, 0.5) is 5.69 Å². The first-order chi connectivity index (χ1) is 20.4. The second kappa shape index (κ2) is 10.2. The van der Waals surface area contributed by atoms with Crippen LogP contribution in [0.15, 0.2) is 91.6 Å². The summed E-state index contributed by atoms with van der Waals surface area (Å²) in [7, 11) is 0. The van der Waals surface area contributed by atoms with E-state index in [1.165, 1.54) is 16.2 Å². The summed E-state index contributed by atoms with van der Waals surface area (Å²) in [5, 5.41) is 0.998. The molecule has 2 aliphatic heterocycles. The van der Waals surface area contributed by atoms with E-state index in [4.69, 9.17) is 4.74 Å². The molecule has 1 saturated heterocycles. The average Bonchev–Trinajstić information content (AvgIpc) is 3.72. The van der Waals surface area contributed by atoms with Gasteiger partial charge in [-0.05, 0) is 72.2 Å². The molecule has 0 unspecified atom stereocenters. The number of aromatic amines is 1. The molecule has 1 aromatic heterocycles. The Hall–Kier alpha value is -2.66. The third-order valence-electron chi connectivity index (χ3n) is 9.35. The Bertz CT molecular complexity index is 1790. The fourth-order valence-electron chi connectivity index (χ4n) is 7.84. The van der Waals surface area contributed by atoms with Crippen molar-refractivity contribution >= 4 is 72.5 Å². The van der Waals surface area contributed by atoms with Gasteiger partial charge in [0.2, 0.25) is 11.8 Å². The molecule has 42 heavy (non-hydrogen) atoms. The first-order valence-corrected chi connectivity index (χ1v) is 17.2. The average molecular weight is 724 g/mol. The maximum atomic E-state index is 14.0. The Morgan fingerprint density at radius 2 is 1.60 bits per heavy atom. The number of carbonyl (C=O) groups excluding carboxylic acids is 2. The number of thiazole rings is 1. The molecule has 212 valence electrons. The number of thioether (sulfide) groups is 1. The molecule has 0 radical (unpaired) electrons. The number of nitrogens with one attached hydrogen (secondary N) is 1. The van der Waals surface area contributed by atoms with Gasteiger partial charge in [-0.1, -0.05) is 73.5 Å². The quantitative estimate of drug-likeness (QED) is 0.220. The lowest BCUT2D eigenvalue weighted by Crippen LogP contribution is -2.42. The molecule has 3 heterocycles. The van der Waals surface area contributed by atoms with Crippen LogP contribution in [0.25, 0.3) is 0 Å². The van der Waals surface area contributed by atoms with E-state index in [1.54, 1.807) is 11.8 Å². The first kappa shape index (κ1) is 26.9. The van der Waals surface area contributed by atoms with Crippen molar-refractivity contribution in [2.75, 3.05) is 4.90 Å². The summed E-state index contributed by atoms with van der Waals surface area (Å²) >= 11 is 10.1. The van der Waals surface area contributed by atoms with E-state index in [0.717, 1.165) is 42.1 Å². The molecule has 10 heteroatoms. The lowest BCUT2D eigenvalue weighted by atomic mass is 9.68. The van der Waals surface area contributed by atoms with Crippen molar-refractivity contribution in [3.63, 3.8) is 0 Å². The number of aromatic nitrogens is 1. The summed E-state index contributed by atoms with van der Waals surface area (Å²) in [6.45, 7) is 0.424. The van der Waals surface area contributed by atoms with Crippen LogP contribution in [-0.4, -0.2) is 22.0 Å². The minimum absolute atomic E-state index is 0.0331. The fourth-order valence-corrected chi connectivity index (χ4v) is 11.4. The zero-order valence-electron chi connectivity index (χ0n) is 22.0. The molecule has 8 rings (SSSR count). The molecular formula is C32H24Br2N2O4S2. The third-order valence-corrected chi connectivity index (χ3v) is 13.0. The second-order valence-electron chi connectivity index (χ2n) is 11.4. The summed E-state index contributed by atoms with van der Waals surface area (Å²) < 4.78 is 8.27. The minimum atomic E-state index is -0.353. The van der Waals surface area contributed by atoms with Gasteiger partial charge in [-0.2, -0.15) is 0 Å². The number of ether oxygens (including phenoxy) is 1. The number of benzene rings is 3. The normalized spacial score (nSPS) is 29.0. The predicted octanol–water partition coefficient (Wildman–Crippen LogP) is 7.22. The molecule has 3 aromatic carbocycles. The smallest absolute Gasteiger partial charge is 0.305 e. The van der Waals surface area contributed by atoms with E-state index in [2.05, 4.69) is 42.9 Å². The largest absolute Gasteiger partial charge is 0.489 e. The minimum Gasteiger partial charge on any atom is -0.489 e. The zero-order valence-corrected chi connectivity index (χ0v) is 26.8. The monoisotopic (exact) mass is 722 g/mol. The maximum absolute atomic E-state index is 14.0. The van der Waals surface area contributed by atoms with Gasteiger partial charge in [0.05, 0.1) is 22.5 Å². The van der Waals surface area contributed by atoms with Crippen LogP contribution in [0, 0.1) is 29.6 Å². The predicted molar refractivity (Wildman–Crippen MR) is 170 cm³/mol. The van der Waals surface area contributed by atoms with Gasteiger partial charge in [-0.15, -0.1) is 11.8 Å². The van der Waals surface area contributed by atoms with Crippen LogP contribution >= 0.6 is 55.0 Å². The third kappa shape index (κ3) is 4.12. The van der Waals surface area contributed by atoms with Crippen molar-refractivity contribution < 1.29 is 14.3 Å². The number of hydrogen-bond acceptors (Lipinski definition) is 6. The van der Waals surface area contributed by atoms with Gasteiger partial charge in [0.25, 0.3) is 0 Å². The Balaban J connectivity index is 1.21. The Morgan fingerprint density at radius 1 is 0.881 bits per heavy atom. The van der Waals surface area contributed by atoms with Crippen molar-refractivity contribution in [2.24, 2.45) is 29.6 Å². The van der Waals surface area contributed by atoms with Crippen LogP contribution in [0.2, 0.25) is 0 Å². The molecule has 7 atom stereocenters. The molecule has 6 nitrogen and oxygen atoms in total. The van der Waals surface area contributed by atoms with E-state index in [9.17, 15) is 14.4 Å². The Morgan fingerprint density at radius 3 is 2.36 bits per heavy atom. The molecule has 4 aromatic rings. The van der Waals surface area contributed by atoms with Gasteiger partial charge in [-0.3, -0.25) is 19.3 Å². The lowest BCUT2D eigenvalue weighted by Gasteiger charge is -2.43. The maximum Gasteiger partial charge on any atom is 0.305 e. The van der Waals surface area contributed by atoms with Crippen molar-refractivity contribution in [3.05, 3.63) is 107 Å². The van der Waals surface area contributed by atoms with E-state index in [0.29, 0.717) is 12.3 Å². The molecule has 0 spiro atoms. The molecule has 4 aliphatic rings. The Labute approximate surface area is 267 Å². The second-order valence-corrected chi connectivity index (χ2v) is 15.4. The number of imide groups is 1. The van der Waals surface area contributed by atoms with Gasteiger partial charge in [0, 0.05) is 30.6 Å². The molecule has 3 fully saturated rings. The van der Waals surface area contributed by atoms with Crippen LogP contribution in [0.1, 0.15) is 28.3 Å². The standard InChI is InChI=1S/C32H24Br2N2O4S2/c33-16-6-9-18(10-7-16)36-30(37)25-20-13-21(26(25)31(36)38)27-24(20)23(28-29(41-27)35-32(39)42-28)19-12-17(34)8-11-22(19)40-14-15-4-2-1-3-5-15/h1-12,20-21,23-27H,13-14H2,(H,35,39)/t20-,21-,23+,24+,25+,26+,27-/m1/s1. The number of carbonyl (C=O) groups is 2. The van der Waals surface area contributed by atoms with E-state index < -0.39 is 0 Å². The number of anilines is 1. The van der Waals surface area contributed by atoms with Crippen molar-refractivity contribution in [2.45, 2.75) is 29.2 Å². The fraction of sp³-hybridized carbons (Fsp3) is 0.281. The number of amides is 2. The highest BCUT2D eigenvalue weighted by Gasteiger charge is 2.69. The van der Waals surface area contributed by atoms with Gasteiger partial charge in [0.15, 0.2) is 0 Å². The molecule has 2 aliphatic carbocycles. The lowest BCUT2D eigenvalue weighted by molar-refractivity contribution is -0.123.